The molecule has 29 heavy (non-hydrogen) atoms. The Morgan fingerprint density at radius 1 is 1.21 bits per heavy atom. The summed E-state index contributed by atoms with van der Waals surface area (Å²) in [6.45, 7) is 0.573. The number of amides is 1. The average Bonchev–Trinajstić information content (AvgIpc) is 3.10. The van der Waals surface area contributed by atoms with Crippen LogP contribution in [0.25, 0.3) is 0 Å². The topological polar surface area (TPSA) is 119 Å². The second-order valence-electron chi connectivity index (χ2n) is 6.52. The van der Waals surface area contributed by atoms with Crippen LogP contribution in [0.3, 0.4) is 0 Å². The van der Waals surface area contributed by atoms with E-state index in [9.17, 15) is 14.7 Å². The van der Waals surface area contributed by atoms with Gasteiger partial charge in [-0.2, -0.15) is 0 Å². The molecule has 0 spiro atoms. The van der Waals surface area contributed by atoms with E-state index in [1.807, 2.05) is 0 Å². The fraction of sp³-hybridized carbons (Fsp3) is 0.263. The Balaban J connectivity index is 0.00000300. The van der Waals surface area contributed by atoms with Gasteiger partial charge in [0.25, 0.3) is 5.91 Å². The van der Waals surface area contributed by atoms with E-state index >= 15 is 0 Å². The van der Waals surface area contributed by atoms with Crippen molar-refractivity contribution in [3.05, 3.63) is 63.6 Å². The summed E-state index contributed by atoms with van der Waals surface area (Å²) in [6.07, 6.45) is 1.32. The molecular weight excluding hydrogens is 441 g/mol. The second kappa shape index (κ2) is 9.30. The molecule has 0 saturated carbocycles. The summed E-state index contributed by atoms with van der Waals surface area (Å²) in [6, 6.07) is 10.1. The minimum absolute atomic E-state index is 0. The SMILES string of the molecule is Cl.NC(=O)C(O)(c1ccccc1)c1cc(Cl)cc(OC(=O)C2CCCN2N)c1Cl. The molecular formula is C19H20Cl3N3O4. The fourth-order valence-electron chi connectivity index (χ4n) is 3.23. The summed E-state index contributed by atoms with van der Waals surface area (Å²) in [7, 11) is 0. The molecule has 0 aliphatic carbocycles. The minimum atomic E-state index is -2.27. The highest BCUT2D eigenvalue weighted by Crippen LogP contribution is 2.41. The van der Waals surface area contributed by atoms with Crippen molar-refractivity contribution in [1.82, 2.24) is 5.01 Å². The number of rotatable bonds is 5. The quantitative estimate of drug-likeness (QED) is 0.358. The van der Waals surface area contributed by atoms with Crippen molar-refractivity contribution in [3.63, 3.8) is 0 Å². The highest BCUT2D eigenvalue weighted by Gasteiger charge is 2.41. The van der Waals surface area contributed by atoms with Crippen molar-refractivity contribution in [2.45, 2.75) is 24.5 Å². The van der Waals surface area contributed by atoms with Crippen molar-refractivity contribution >= 4 is 47.5 Å². The van der Waals surface area contributed by atoms with Gasteiger partial charge < -0.3 is 15.6 Å². The van der Waals surface area contributed by atoms with Crippen LogP contribution in [-0.4, -0.2) is 34.6 Å². The van der Waals surface area contributed by atoms with E-state index in [4.69, 9.17) is 39.5 Å². The monoisotopic (exact) mass is 459 g/mol. The molecule has 2 atom stereocenters. The van der Waals surface area contributed by atoms with Crippen LogP contribution in [0.1, 0.15) is 24.0 Å². The van der Waals surface area contributed by atoms with Gasteiger partial charge in [-0.1, -0.05) is 53.5 Å². The molecule has 5 N–H and O–H groups in total. The lowest BCUT2D eigenvalue weighted by molar-refractivity contribution is -0.139. The number of nitrogens with zero attached hydrogens (tertiary/aromatic N) is 1. The maximum absolute atomic E-state index is 12.5. The smallest absolute Gasteiger partial charge is 0.330 e. The third kappa shape index (κ3) is 4.50. The van der Waals surface area contributed by atoms with Gasteiger partial charge in [0.1, 0.15) is 6.04 Å². The van der Waals surface area contributed by atoms with E-state index in [1.54, 1.807) is 18.2 Å². The normalized spacial score (nSPS) is 18.6. The lowest BCUT2D eigenvalue weighted by atomic mass is 9.85. The van der Waals surface area contributed by atoms with E-state index in [1.165, 1.54) is 29.3 Å². The molecule has 1 amide bonds. The summed E-state index contributed by atoms with van der Waals surface area (Å²) in [5.74, 6) is 4.04. The van der Waals surface area contributed by atoms with Gasteiger partial charge in [0.15, 0.2) is 11.4 Å². The number of ether oxygens (including phenoxy) is 1. The fourth-order valence-corrected chi connectivity index (χ4v) is 3.72. The molecule has 1 aliphatic heterocycles. The molecule has 0 bridgehead atoms. The van der Waals surface area contributed by atoms with Crippen LogP contribution in [0.4, 0.5) is 0 Å². The van der Waals surface area contributed by atoms with E-state index in [-0.39, 0.29) is 39.3 Å². The number of halogens is 3. The predicted octanol–water partition coefficient (Wildman–Crippen LogP) is 2.38. The number of esters is 1. The number of hydrazine groups is 1. The number of benzene rings is 2. The molecule has 3 rings (SSSR count). The minimum Gasteiger partial charge on any atom is -0.424 e. The zero-order valence-electron chi connectivity index (χ0n) is 15.2. The number of hydrogen-bond donors (Lipinski definition) is 3. The average molecular weight is 461 g/mol. The Kier molecular flexibility index (Phi) is 7.50. The van der Waals surface area contributed by atoms with Crippen molar-refractivity contribution in [1.29, 1.82) is 0 Å². The predicted molar refractivity (Wildman–Crippen MR) is 112 cm³/mol. The van der Waals surface area contributed by atoms with E-state index in [0.29, 0.717) is 13.0 Å². The molecule has 2 aromatic rings. The molecule has 1 fully saturated rings. The summed E-state index contributed by atoms with van der Waals surface area (Å²) in [5, 5.41) is 12.5. The molecule has 10 heteroatoms. The van der Waals surface area contributed by atoms with Crippen LogP contribution in [0, 0.1) is 0 Å². The molecule has 0 radical (unpaired) electrons. The van der Waals surface area contributed by atoms with Gasteiger partial charge >= 0.3 is 5.97 Å². The summed E-state index contributed by atoms with van der Waals surface area (Å²) >= 11 is 12.5. The largest absolute Gasteiger partial charge is 0.424 e. The molecule has 2 unspecified atom stereocenters. The van der Waals surface area contributed by atoms with Crippen LogP contribution in [0.15, 0.2) is 42.5 Å². The molecule has 1 heterocycles. The first-order chi connectivity index (χ1) is 13.2. The van der Waals surface area contributed by atoms with Crippen molar-refractivity contribution in [2.75, 3.05) is 6.54 Å². The highest BCUT2D eigenvalue weighted by molar-refractivity contribution is 6.35. The third-order valence-corrected chi connectivity index (χ3v) is 5.33. The molecule has 156 valence electrons. The third-order valence-electron chi connectivity index (χ3n) is 4.72. The molecule has 2 aromatic carbocycles. The zero-order chi connectivity index (χ0) is 20.5. The number of carbonyl (C=O) groups is 2. The van der Waals surface area contributed by atoms with Crippen LogP contribution in [0.2, 0.25) is 10.0 Å². The van der Waals surface area contributed by atoms with Gasteiger partial charge in [-0.05, 0) is 24.5 Å². The van der Waals surface area contributed by atoms with E-state index in [0.717, 1.165) is 6.42 Å². The lowest BCUT2D eigenvalue weighted by Crippen LogP contribution is -2.43. The lowest BCUT2D eigenvalue weighted by Gasteiger charge is -2.27. The molecule has 7 nitrogen and oxygen atoms in total. The van der Waals surface area contributed by atoms with Crippen molar-refractivity contribution in [2.24, 2.45) is 11.6 Å². The first-order valence-electron chi connectivity index (χ1n) is 8.55. The standard InChI is InChI=1S/C19H19Cl2N3O4.ClH/c20-12-9-13(19(27,18(22)26)11-5-2-1-3-6-11)16(21)15(10-12)28-17(25)14-7-4-8-24(14)23;/h1-3,5-6,9-10,14,27H,4,7-8,23H2,(H2,22,26);1H. The number of hydrogen-bond acceptors (Lipinski definition) is 6. The van der Waals surface area contributed by atoms with Gasteiger partial charge in [0.05, 0.1) is 5.02 Å². The Morgan fingerprint density at radius 3 is 2.41 bits per heavy atom. The molecule has 1 saturated heterocycles. The van der Waals surface area contributed by atoms with Crippen molar-refractivity contribution in [3.8, 4) is 5.75 Å². The maximum Gasteiger partial charge on any atom is 0.330 e. The summed E-state index contributed by atoms with van der Waals surface area (Å²) in [5.41, 5.74) is 3.35. The van der Waals surface area contributed by atoms with Crippen LogP contribution < -0.4 is 16.3 Å². The Labute approximate surface area is 183 Å². The number of nitrogens with two attached hydrogens (primary N) is 2. The Bertz CT molecular complexity index is 913. The maximum atomic E-state index is 12.5. The Morgan fingerprint density at radius 2 is 1.86 bits per heavy atom. The molecule has 0 aromatic heterocycles. The van der Waals surface area contributed by atoms with Gasteiger partial charge in [-0.15, -0.1) is 12.4 Å². The summed E-state index contributed by atoms with van der Waals surface area (Å²) in [4.78, 5) is 24.7. The number of carbonyl (C=O) groups excluding carboxylic acids is 2. The van der Waals surface area contributed by atoms with Crippen LogP contribution in [0.5, 0.6) is 5.75 Å². The number of aliphatic hydroxyl groups is 1. The summed E-state index contributed by atoms with van der Waals surface area (Å²) < 4.78 is 5.39. The van der Waals surface area contributed by atoms with E-state index < -0.39 is 23.5 Å². The molecule has 1 aliphatic rings. The van der Waals surface area contributed by atoms with Gasteiger partial charge in [-0.25, -0.2) is 9.80 Å². The highest BCUT2D eigenvalue weighted by atomic mass is 35.5. The van der Waals surface area contributed by atoms with Crippen LogP contribution in [-0.2, 0) is 15.2 Å². The van der Waals surface area contributed by atoms with Gasteiger partial charge in [0.2, 0.25) is 0 Å². The van der Waals surface area contributed by atoms with Crippen LogP contribution >= 0.6 is 35.6 Å². The van der Waals surface area contributed by atoms with Gasteiger partial charge in [-0.3, -0.25) is 10.6 Å². The van der Waals surface area contributed by atoms with Gasteiger partial charge in [0, 0.05) is 23.2 Å². The zero-order valence-corrected chi connectivity index (χ0v) is 17.5. The second-order valence-corrected chi connectivity index (χ2v) is 7.34. The Hall–Kier alpha value is -1.87. The first-order valence-corrected chi connectivity index (χ1v) is 9.31. The van der Waals surface area contributed by atoms with E-state index in [2.05, 4.69) is 0 Å². The number of primary amides is 1. The first kappa shape index (κ1) is 23.4. The van der Waals surface area contributed by atoms with Crippen molar-refractivity contribution < 1.29 is 19.4 Å².